The average Bonchev–Trinajstić information content (AvgIpc) is 3.09. The Morgan fingerprint density at radius 3 is 3.05 bits per heavy atom. The summed E-state index contributed by atoms with van der Waals surface area (Å²) < 4.78 is 10.8. The van der Waals surface area contributed by atoms with Crippen LogP contribution in [0.15, 0.2) is 47.3 Å². The molecule has 0 aliphatic carbocycles. The average molecular weight is 292 g/mol. The van der Waals surface area contributed by atoms with Gasteiger partial charge in [0, 0.05) is 18.0 Å². The third-order valence-electron chi connectivity index (χ3n) is 3.30. The molecule has 1 aliphatic rings. The van der Waals surface area contributed by atoms with Gasteiger partial charge in [-0.3, -0.25) is 4.79 Å². The van der Waals surface area contributed by atoms with Gasteiger partial charge in [0.2, 0.25) is 0 Å². The predicted octanol–water partition coefficient (Wildman–Crippen LogP) is 3.23. The van der Waals surface area contributed by atoms with Crippen LogP contribution in [0.1, 0.15) is 16.8 Å². The molecule has 0 N–H and O–H groups in total. The minimum Gasteiger partial charge on any atom is -0.488 e. The highest BCUT2D eigenvalue weighted by Gasteiger charge is 2.28. The van der Waals surface area contributed by atoms with Crippen molar-refractivity contribution in [2.75, 3.05) is 13.1 Å². The van der Waals surface area contributed by atoms with Crippen LogP contribution in [-0.2, 0) is 0 Å². The van der Waals surface area contributed by atoms with Crippen molar-refractivity contribution in [2.24, 2.45) is 0 Å². The molecule has 0 saturated carbocycles. The maximum atomic E-state index is 12.1. The maximum Gasteiger partial charge on any atom is 0.257 e. The molecule has 0 unspecified atom stereocenters. The number of hydrogen-bond acceptors (Lipinski definition) is 3. The van der Waals surface area contributed by atoms with Crippen LogP contribution < -0.4 is 4.74 Å². The zero-order chi connectivity index (χ0) is 13.9. The first-order valence-corrected chi connectivity index (χ1v) is 6.84. The number of likely N-dealkylation sites (tertiary alicyclic amines) is 1. The van der Waals surface area contributed by atoms with Crippen molar-refractivity contribution >= 4 is 17.5 Å². The molecule has 3 rings (SSSR count). The van der Waals surface area contributed by atoms with Gasteiger partial charge in [0.25, 0.3) is 5.91 Å². The fourth-order valence-corrected chi connectivity index (χ4v) is 2.49. The fraction of sp³-hybridized carbons (Fsp3) is 0.267. The van der Waals surface area contributed by atoms with Crippen molar-refractivity contribution in [2.45, 2.75) is 12.5 Å². The van der Waals surface area contributed by atoms with Crippen LogP contribution in [0.2, 0.25) is 5.02 Å². The summed E-state index contributed by atoms with van der Waals surface area (Å²) in [5.41, 5.74) is 0.577. The van der Waals surface area contributed by atoms with Gasteiger partial charge in [0.05, 0.1) is 18.4 Å². The van der Waals surface area contributed by atoms with Crippen LogP contribution in [0.4, 0.5) is 0 Å². The number of rotatable bonds is 3. The predicted molar refractivity (Wildman–Crippen MR) is 75.1 cm³/mol. The molecule has 1 saturated heterocycles. The van der Waals surface area contributed by atoms with Crippen molar-refractivity contribution < 1.29 is 13.9 Å². The van der Waals surface area contributed by atoms with E-state index < -0.39 is 0 Å². The monoisotopic (exact) mass is 291 g/mol. The lowest BCUT2D eigenvalue weighted by Crippen LogP contribution is -2.30. The summed E-state index contributed by atoms with van der Waals surface area (Å²) in [5, 5.41) is 0.645. The first kappa shape index (κ1) is 13.1. The topological polar surface area (TPSA) is 42.7 Å². The van der Waals surface area contributed by atoms with E-state index in [1.165, 1.54) is 12.5 Å². The van der Waals surface area contributed by atoms with Gasteiger partial charge in [-0.1, -0.05) is 17.7 Å². The second-order valence-corrected chi connectivity index (χ2v) is 5.19. The number of furan rings is 1. The summed E-state index contributed by atoms with van der Waals surface area (Å²) in [6, 6.07) is 8.97. The highest BCUT2D eigenvalue weighted by atomic mass is 35.5. The summed E-state index contributed by atoms with van der Waals surface area (Å²) in [5.74, 6) is 0.719. The Hall–Kier alpha value is -1.94. The van der Waals surface area contributed by atoms with E-state index in [1.54, 1.807) is 23.1 Å². The largest absolute Gasteiger partial charge is 0.488 e. The lowest BCUT2D eigenvalue weighted by Gasteiger charge is -2.16. The molecule has 1 aromatic heterocycles. The van der Waals surface area contributed by atoms with Crippen LogP contribution in [0, 0.1) is 0 Å². The Balaban J connectivity index is 1.61. The summed E-state index contributed by atoms with van der Waals surface area (Å²) in [6.07, 6.45) is 3.79. The van der Waals surface area contributed by atoms with Gasteiger partial charge in [-0.25, -0.2) is 0 Å². The molecule has 0 radical (unpaired) electrons. The van der Waals surface area contributed by atoms with E-state index in [1.807, 2.05) is 12.1 Å². The van der Waals surface area contributed by atoms with Gasteiger partial charge in [-0.05, 0) is 24.3 Å². The van der Waals surface area contributed by atoms with Crippen molar-refractivity contribution in [1.82, 2.24) is 4.90 Å². The van der Waals surface area contributed by atoms with Crippen LogP contribution in [0.3, 0.4) is 0 Å². The molecule has 104 valence electrons. The zero-order valence-electron chi connectivity index (χ0n) is 10.8. The molecule has 0 bridgehead atoms. The summed E-state index contributed by atoms with van der Waals surface area (Å²) in [6.45, 7) is 1.27. The highest BCUT2D eigenvalue weighted by molar-refractivity contribution is 6.30. The van der Waals surface area contributed by atoms with Crippen LogP contribution in [0.25, 0.3) is 0 Å². The van der Waals surface area contributed by atoms with Crippen molar-refractivity contribution in [3.8, 4) is 5.75 Å². The Bertz CT molecular complexity index is 597. The number of amides is 1. The van der Waals surface area contributed by atoms with E-state index in [4.69, 9.17) is 20.8 Å². The molecule has 4 nitrogen and oxygen atoms in total. The summed E-state index contributed by atoms with van der Waals surface area (Å²) in [4.78, 5) is 13.9. The number of benzene rings is 1. The summed E-state index contributed by atoms with van der Waals surface area (Å²) in [7, 11) is 0. The number of carbonyl (C=O) groups is 1. The third kappa shape index (κ3) is 2.80. The minimum absolute atomic E-state index is 0.00400. The normalized spacial score (nSPS) is 18.2. The van der Waals surface area contributed by atoms with Gasteiger partial charge < -0.3 is 14.1 Å². The third-order valence-corrected chi connectivity index (χ3v) is 3.53. The molecule has 1 aromatic carbocycles. The molecule has 0 spiro atoms. The smallest absolute Gasteiger partial charge is 0.257 e. The molecular formula is C15H14ClNO3. The second kappa shape index (κ2) is 5.59. The Kier molecular flexibility index (Phi) is 3.65. The van der Waals surface area contributed by atoms with Crippen molar-refractivity contribution in [1.29, 1.82) is 0 Å². The van der Waals surface area contributed by atoms with E-state index in [9.17, 15) is 4.79 Å². The Morgan fingerprint density at radius 2 is 2.30 bits per heavy atom. The first-order chi connectivity index (χ1) is 9.72. The van der Waals surface area contributed by atoms with E-state index in [2.05, 4.69) is 0 Å². The number of halogens is 1. The Morgan fingerprint density at radius 1 is 1.40 bits per heavy atom. The van der Waals surface area contributed by atoms with E-state index in [-0.39, 0.29) is 12.0 Å². The first-order valence-electron chi connectivity index (χ1n) is 6.46. The van der Waals surface area contributed by atoms with Gasteiger partial charge in [-0.2, -0.15) is 0 Å². The minimum atomic E-state index is -0.0176. The molecule has 1 fully saturated rings. The number of ether oxygens (including phenoxy) is 1. The number of nitrogens with zero attached hydrogens (tertiary/aromatic N) is 1. The highest BCUT2D eigenvalue weighted by Crippen LogP contribution is 2.22. The van der Waals surface area contributed by atoms with E-state index >= 15 is 0 Å². The van der Waals surface area contributed by atoms with E-state index in [0.717, 1.165) is 12.2 Å². The maximum absolute atomic E-state index is 12.1. The van der Waals surface area contributed by atoms with Crippen LogP contribution in [0.5, 0.6) is 5.75 Å². The zero-order valence-corrected chi connectivity index (χ0v) is 11.5. The van der Waals surface area contributed by atoms with Crippen molar-refractivity contribution in [3.05, 3.63) is 53.4 Å². The van der Waals surface area contributed by atoms with Gasteiger partial charge >= 0.3 is 0 Å². The SMILES string of the molecule is O=C(c1ccoc1)N1CC[C@H](Oc2cccc(Cl)c2)C1. The lowest BCUT2D eigenvalue weighted by atomic mass is 10.3. The summed E-state index contributed by atoms with van der Waals surface area (Å²) >= 11 is 5.92. The molecule has 1 atom stereocenters. The van der Waals surface area contributed by atoms with E-state index in [0.29, 0.717) is 23.7 Å². The quantitative estimate of drug-likeness (QED) is 0.872. The fourth-order valence-electron chi connectivity index (χ4n) is 2.31. The molecule has 2 aromatic rings. The lowest BCUT2D eigenvalue weighted by molar-refractivity contribution is 0.0771. The Labute approximate surface area is 121 Å². The standard InChI is InChI=1S/C15H14ClNO3/c16-12-2-1-3-13(8-12)20-14-4-6-17(9-14)15(18)11-5-7-19-10-11/h1-3,5,7-8,10,14H,4,6,9H2/t14-/m0/s1. The molecule has 2 heterocycles. The molecule has 1 aliphatic heterocycles. The van der Waals surface area contributed by atoms with Crippen molar-refractivity contribution in [3.63, 3.8) is 0 Å². The molecule has 20 heavy (non-hydrogen) atoms. The van der Waals surface area contributed by atoms with Crippen LogP contribution in [-0.4, -0.2) is 30.0 Å². The second-order valence-electron chi connectivity index (χ2n) is 4.75. The van der Waals surface area contributed by atoms with Gasteiger partial charge in [0.1, 0.15) is 18.1 Å². The van der Waals surface area contributed by atoms with Gasteiger partial charge in [0.15, 0.2) is 0 Å². The molecular weight excluding hydrogens is 278 g/mol. The molecule has 1 amide bonds. The number of carbonyl (C=O) groups excluding carboxylic acids is 1. The van der Waals surface area contributed by atoms with Crippen LogP contribution >= 0.6 is 11.6 Å². The number of hydrogen-bond donors (Lipinski definition) is 0. The van der Waals surface area contributed by atoms with Gasteiger partial charge in [-0.15, -0.1) is 0 Å². The molecule has 5 heteroatoms.